The molecule has 2 atom stereocenters. The van der Waals surface area contributed by atoms with Crippen molar-refractivity contribution in [2.75, 3.05) is 13.7 Å². The Kier molecular flexibility index (Phi) is 2.98. The summed E-state index contributed by atoms with van der Waals surface area (Å²) in [7, 11) is 1.50. The van der Waals surface area contributed by atoms with E-state index in [4.69, 9.17) is 10.5 Å². The molecule has 15 heavy (non-hydrogen) atoms. The number of methoxy groups -OCH3 is 1. The number of rotatable bonds is 3. The first-order valence-electron chi connectivity index (χ1n) is 4.90. The highest BCUT2D eigenvalue weighted by atomic mass is 79.9. The molecule has 0 radical (unpaired) electrons. The number of ether oxygens (including phenoxy) is 1. The molecule has 0 heterocycles. The standard InChI is InChI=1S/C11H13BrFNO/c1-15-11-9(8-2-6(8)5-14)3-7(12)4-10(11)13/h3-4,6,8H,2,5,14H2,1H3/t6-,8+/m0/s1. The van der Waals surface area contributed by atoms with Crippen LogP contribution in [0, 0.1) is 11.7 Å². The summed E-state index contributed by atoms with van der Waals surface area (Å²) in [6, 6.07) is 3.34. The van der Waals surface area contributed by atoms with Crippen LogP contribution in [0.1, 0.15) is 17.9 Å². The Balaban J connectivity index is 2.37. The Labute approximate surface area is 96.7 Å². The maximum Gasteiger partial charge on any atom is 0.166 e. The van der Waals surface area contributed by atoms with Crippen LogP contribution < -0.4 is 10.5 Å². The van der Waals surface area contributed by atoms with Crippen molar-refractivity contribution in [2.24, 2.45) is 11.7 Å². The molecule has 0 spiro atoms. The molecule has 1 fully saturated rings. The lowest BCUT2D eigenvalue weighted by atomic mass is 10.1. The third-order valence-corrected chi connectivity index (χ3v) is 3.32. The lowest BCUT2D eigenvalue weighted by Gasteiger charge is -2.09. The Morgan fingerprint density at radius 1 is 1.60 bits per heavy atom. The van der Waals surface area contributed by atoms with Crippen molar-refractivity contribution in [1.29, 1.82) is 0 Å². The molecule has 2 nitrogen and oxygen atoms in total. The van der Waals surface area contributed by atoms with Crippen LogP contribution in [0.25, 0.3) is 0 Å². The smallest absolute Gasteiger partial charge is 0.166 e. The van der Waals surface area contributed by atoms with Crippen LogP contribution in [-0.4, -0.2) is 13.7 Å². The quantitative estimate of drug-likeness (QED) is 0.919. The van der Waals surface area contributed by atoms with Gasteiger partial charge in [0.05, 0.1) is 7.11 Å². The van der Waals surface area contributed by atoms with Gasteiger partial charge in [0.2, 0.25) is 0 Å². The van der Waals surface area contributed by atoms with E-state index in [9.17, 15) is 4.39 Å². The number of nitrogens with two attached hydrogens (primary N) is 1. The Bertz CT molecular complexity index is 383. The van der Waals surface area contributed by atoms with E-state index in [1.165, 1.54) is 13.2 Å². The monoisotopic (exact) mass is 273 g/mol. The van der Waals surface area contributed by atoms with Gasteiger partial charge in [-0.05, 0) is 36.9 Å². The normalized spacial score (nSPS) is 24.0. The van der Waals surface area contributed by atoms with Gasteiger partial charge in [-0.1, -0.05) is 15.9 Å². The van der Waals surface area contributed by atoms with Crippen LogP contribution in [0.15, 0.2) is 16.6 Å². The Morgan fingerprint density at radius 2 is 2.33 bits per heavy atom. The molecular formula is C11H13BrFNO. The zero-order chi connectivity index (χ0) is 11.0. The fourth-order valence-corrected chi connectivity index (χ4v) is 2.41. The molecule has 0 amide bonds. The van der Waals surface area contributed by atoms with E-state index < -0.39 is 0 Å². The van der Waals surface area contributed by atoms with Crippen LogP contribution in [-0.2, 0) is 0 Å². The van der Waals surface area contributed by atoms with E-state index >= 15 is 0 Å². The maximum atomic E-state index is 13.5. The number of hydrogen-bond acceptors (Lipinski definition) is 2. The van der Waals surface area contributed by atoms with Crippen molar-refractivity contribution < 1.29 is 9.13 Å². The van der Waals surface area contributed by atoms with Crippen molar-refractivity contribution >= 4 is 15.9 Å². The fourth-order valence-electron chi connectivity index (χ4n) is 1.96. The summed E-state index contributed by atoms with van der Waals surface area (Å²) in [6.07, 6.45) is 1.03. The molecule has 1 aliphatic rings. The van der Waals surface area contributed by atoms with Gasteiger partial charge in [-0.25, -0.2) is 4.39 Å². The highest BCUT2D eigenvalue weighted by Gasteiger charge is 2.39. The summed E-state index contributed by atoms with van der Waals surface area (Å²) in [4.78, 5) is 0. The molecule has 0 aromatic heterocycles. The van der Waals surface area contributed by atoms with Crippen molar-refractivity contribution in [3.63, 3.8) is 0 Å². The van der Waals surface area contributed by atoms with Gasteiger partial charge in [-0.15, -0.1) is 0 Å². The van der Waals surface area contributed by atoms with Gasteiger partial charge in [0, 0.05) is 10.0 Å². The summed E-state index contributed by atoms with van der Waals surface area (Å²) >= 11 is 3.29. The van der Waals surface area contributed by atoms with Crippen LogP contribution >= 0.6 is 15.9 Å². The molecule has 0 saturated heterocycles. The molecule has 1 aliphatic carbocycles. The van der Waals surface area contributed by atoms with E-state index in [1.807, 2.05) is 6.07 Å². The second kappa shape index (κ2) is 4.10. The first-order valence-corrected chi connectivity index (χ1v) is 5.69. The molecule has 0 aliphatic heterocycles. The van der Waals surface area contributed by atoms with Crippen molar-refractivity contribution in [1.82, 2.24) is 0 Å². The minimum atomic E-state index is -0.315. The van der Waals surface area contributed by atoms with E-state index in [0.717, 1.165) is 16.5 Å². The molecule has 82 valence electrons. The average molecular weight is 274 g/mol. The minimum Gasteiger partial charge on any atom is -0.493 e. The predicted molar refractivity (Wildman–Crippen MR) is 60.6 cm³/mol. The van der Waals surface area contributed by atoms with Gasteiger partial charge in [-0.2, -0.15) is 0 Å². The second-order valence-corrected chi connectivity index (χ2v) is 4.76. The van der Waals surface area contributed by atoms with Gasteiger partial charge in [0.25, 0.3) is 0 Å². The SMILES string of the molecule is COc1c(F)cc(Br)cc1[C@@H]1C[C@H]1CN. The maximum absolute atomic E-state index is 13.5. The molecular weight excluding hydrogens is 261 g/mol. The molecule has 1 saturated carbocycles. The summed E-state index contributed by atoms with van der Waals surface area (Å²) in [5.41, 5.74) is 6.51. The molecule has 4 heteroatoms. The first-order chi connectivity index (χ1) is 7.17. The second-order valence-electron chi connectivity index (χ2n) is 3.85. The van der Waals surface area contributed by atoms with Crippen LogP contribution in [0.4, 0.5) is 4.39 Å². The van der Waals surface area contributed by atoms with Gasteiger partial charge >= 0.3 is 0 Å². The molecule has 0 unspecified atom stereocenters. The van der Waals surface area contributed by atoms with Crippen molar-refractivity contribution in [2.45, 2.75) is 12.3 Å². The minimum absolute atomic E-state index is 0.315. The van der Waals surface area contributed by atoms with Crippen LogP contribution in [0.2, 0.25) is 0 Å². The average Bonchev–Trinajstić information content (AvgIpc) is 2.95. The number of hydrogen-bond donors (Lipinski definition) is 1. The number of halogens is 2. The Morgan fingerprint density at radius 3 is 2.87 bits per heavy atom. The first kappa shape index (κ1) is 10.9. The summed E-state index contributed by atoms with van der Waals surface area (Å²) in [6.45, 7) is 0.655. The zero-order valence-corrected chi connectivity index (χ0v) is 10.1. The molecule has 2 N–H and O–H groups in total. The van der Waals surface area contributed by atoms with E-state index in [-0.39, 0.29) is 5.82 Å². The highest BCUT2D eigenvalue weighted by Crippen LogP contribution is 2.50. The zero-order valence-electron chi connectivity index (χ0n) is 8.47. The topological polar surface area (TPSA) is 35.2 Å². The molecule has 1 aromatic rings. The summed E-state index contributed by atoms with van der Waals surface area (Å²) in [5.74, 6) is 0.883. The van der Waals surface area contributed by atoms with Gasteiger partial charge in [-0.3, -0.25) is 0 Å². The van der Waals surface area contributed by atoms with Gasteiger partial charge in [0.1, 0.15) is 0 Å². The summed E-state index contributed by atoms with van der Waals surface area (Å²) in [5, 5.41) is 0. The lowest BCUT2D eigenvalue weighted by molar-refractivity contribution is 0.380. The molecule has 2 rings (SSSR count). The number of benzene rings is 1. The fraction of sp³-hybridized carbons (Fsp3) is 0.455. The predicted octanol–water partition coefficient (Wildman–Crippen LogP) is 2.66. The molecule has 1 aromatic carbocycles. The van der Waals surface area contributed by atoms with E-state index in [1.54, 1.807) is 0 Å². The van der Waals surface area contributed by atoms with E-state index in [0.29, 0.717) is 24.1 Å². The van der Waals surface area contributed by atoms with Crippen molar-refractivity contribution in [3.8, 4) is 5.75 Å². The van der Waals surface area contributed by atoms with Crippen LogP contribution in [0.5, 0.6) is 5.75 Å². The van der Waals surface area contributed by atoms with Gasteiger partial charge in [0.15, 0.2) is 11.6 Å². The van der Waals surface area contributed by atoms with E-state index in [2.05, 4.69) is 15.9 Å². The summed E-state index contributed by atoms with van der Waals surface area (Å²) < 4.78 is 19.4. The Hall–Kier alpha value is -0.610. The van der Waals surface area contributed by atoms with Crippen LogP contribution in [0.3, 0.4) is 0 Å². The third kappa shape index (κ3) is 2.01. The van der Waals surface area contributed by atoms with Crippen molar-refractivity contribution in [3.05, 3.63) is 28.0 Å². The lowest BCUT2D eigenvalue weighted by Crippen LogP contribution is -2.03. The molecule has 0 bridgehead atoms. The highest BCUT2D eigenvalue weighted by molar-refractivity contribution is 9.10. The third-order valence-electron chi connectivity index (χ3n) is 2.87. The van der Waals surface area contributed by atoms with Gasteiger partial charge < -0.3 is 10.5 Å². The largest absolute Gasteiger partial charge is 0.493 e.